The Balaban J connectivity index is 1.98. The molecular formula is C23H38NO4P. The van der Waals surface area contributed by atoms with E-state index in [1.807, 2.05) is 6.07 Å². The zero-order valence-corrected chi connectivity index (χ0v) is 20.2. The van der Waals surface area contributed by atoms with Gasteiger partial charge in [0.2, 0.25) is 0 Å². The molecule has 0 N–H and O–H groups in total. The van der Waals surface area contributed by atoms with Gasteiger partial charge in [0.25, 0.3) is 0 Å². The molecule has 0 aliphatic carbocycles. The summed E-state index contributed by atoms with van der Waals surface area (Å²) in [6, 6.07) is 10.5. The third kappa shape index (κ3) is 3.04. The number of nitrogens with zero attached hydrogens (tertiary/aromatic N) is 1. The summed E-state index contributed by atoms with van der Waals surface area (Å²) in [6.45, 7) is 18.7. The molecule has 0 saturated carbocycles. The summed E-state index contributed by atoms with van der Waals surface area (Å²) < 4.78 is 28.1. The summed E-state index contributed by atoms with van der Waals surface area (Å²) in [5, 5.41) is 0. The van der Waals surface area contributed by atoms with E-state index in [1.54, 1.807) is 0 Å². The molecule has 3 saturated heterocycles. The van der Waals surface area contributed by atoms with E-state index in [1.165, 1.54) is 0 Å². The average Bonchev–Trinajstić information content (AvgIpc) is 3.15. The molecule has 1 atom stereocenters. The Morgan fingerprint density at radius 2 is 1.07 bits per heavy atom. The van der Waals surface area contributed by atoms with E-state index in [0.717, 1.165) is 31.5 Å². The van der Waals surface area contributed by atoms with Crippen molar-refractivity contribution in [1.82, 2.24) is 4.90 Å². The summed E-state index contributed by atoms with van der Waals surface area (Å²) in [4.78, 5) is 2.46. The van der Waals surface area contributed by atoms with Gasteiger partial charge in [-0.15, -0.1) is 0 Å². The number of benzene rings is 1. The third-order valence-corrected chi connectivity index (χ3v) is 12.0. The van der Waals surface area contributed by atoms with E-state index in [9.17, 15) is 0 Å². The van der Waals surface area contributed by atoms with E-state index >= 15 is 0 Å². The van der Waals surface area contributed by atoms with Crippen molar-refractivity contribution >= 4 is 7.51 Å². The molecule has 0 bridgehead atoms. The van der Waals surface area contributed by atoms with Crippen LogP contribution in [0.1, 0.15) is 79.6 Å². The molecule has 3 fully saturated rings. The first-order valence-corrected chi connectivity index (χ1v) is 12.9. The van der Waals surface area contributed by atoms with E-state index in [2.05, 4.69) is 84.6 Å². The van der Waals surface area contributed by atoms with Gasteiger partial charge in [0, 0.05) is 0 Å². The van der Waals surface area contributed by atoms with Crippen LogP contribution < -0.4 is 0 Å². The van der Waals surface area contributed by atoms with Crippen LogP contribution >= 0.6 is 7.51 Å². The van der Waals surface area contributed by atoms with Crippen LogP contribution in [0, 0.1) is 0 Å². The van der Waals surface area contributed by atoms with Gasteiger partial charge in [0.05, 0.1) is 0 Å². The van der Waals surface area contributed by atoms with Crippen LogP contribution in [0.15, 0.2) is 30.3 Å². The van der Waals surface area contributed by atoms with Gasteiger partial charge in [-0.1, -0.05) is 0 Å². The quantitative estimate of drug-likeness (QED) is 0.541. The number of hydrogen-bond acceptors (Lipinski definition) is 5. The first-order chi connectivity index (χ1) is 13.2. The minimum absolute atomic E-state index is 0.216. The van der Waals surface area contributed by atoms with E-state index in [-0.39, 0.29) is 5.78 Å². The second-order valence-corrected chi connectivity index (χ2v) is 13.8. The normalized spacial score (nSPS) is 33.3. The predicted octanol–water partition coefficient (Wildman–Crippen LogP) is 6.20. The molecule has 29 heavy (non-hydrogen) atoms. The molecule has 0 aromatic heterocycles. The first kappa shape index (κ1) is 21.7. The number of likely N-dealkylation sites (tertiary alicyclic amines) is 1. The van der Waals surface area contributed by atoms with Gasteiger partial charge in [-0.05, 0) is 0 Å². The van der Waals surface area contributed by atoms with Crippen LogP contribution in [0.4, 0.5) is 0 Å². The second kappa shape index (κ2) is 6.25. The fraction of sp³-hybridized carbons (Fsp3) is 0.739. The van der Waals surface area contributed by atoms with Gasteiger partial charge in [0.15, 0.2) is 0 Å². The molecule has 6 heteroatoms. The number of hydrogen-bond donors (Lipinski definition) is 0. The molecule has 3 aliphatic rings. The minimum atomic E-state index is -4.09. The van der Waals surface area contributed by atoms with E-state index < -0.39 is 29.9 Å². The van der Waals surface area contributed by atoms with Crippen molar-refractivity contribution < 1.29 is 18.1 Å². The maximum atomic E-state index is 7.02. The first-order valence-electron chi connectivity index (χ1n) is 10.9. The molecule has 1 unspecified atom stereocenters. The van der Waals surface area contributed by atoms with Gasteiger partial charge in [-0.2, -0.15) is 0 Å². The molecule has 3 heterocycles. The van der Waals surface area contributed by atoms with Crippen LogP contribution in [0.25, 0.3) is 0 Å². The summed E-state index contributed by atoms with van der Waals surface area (Å²) in [6.07, 6.45) is 2.32. The molecule has 0 radical (unpaired) electrons. The molecule has 1 aromatic carbocycles. The molecule has 164 valence electrons. The Bertz CT molecular complexity index is 708. The number of rotatable bonds is 3. The Kier molecular flexibility index (Phi) is 4.67. The predicted molar refractivity (Wildman–Crippen MR) is 118 cm³/mol. The molecule has 3 aliphatic heterocycles. The molecule has 1 spiro atoms. The fourth-order valence-electron chi connectivity index (χ4n) is 4.73. The average molecular weight is 424 g/mol. The van der Waals surface area contributed by atoms with Gasteiger partial charge in [0.1, 0.15) is 0 Å². The zero-order chi connectivity index (χ0) is 21.4. The summed E-state index contributed by atoms with van der Waals surface area (Å²) in [5.41, 5.74) is -1.11. The Labute approximate surface area is 176 Å². The van der Waals surface area contributed by atoms with Gasteiger partial charge in [-0.25, -0.2) is 0 Å². The van der Waals surface area contributed by atoms with E-state index in [0.29, 0.717) is 0 Å². The third-order valence-electron chi connectivity index (χ3n) is 7.45. The van der Waals surface area contributed by atoms with Gasteiger partial charge in [-0.3, -0.25) is 0 Å². The van der Waals surface area contributed by atoms with Crippen molar-refractivity contribution in [2.75, 3.05) is 13.1 Å². The standard InChI is InChI=1S/C23H38NO4P/c1-20(2)21(3,4)26-29(25-20,27-22(5,6)23(7,8)28-29)19(24-16-12-13-17-24)18-14-10-9-11-15-18/h9-11,14-15,19H,12-13,16-17H2,1-8H3. The zero-order valence-electron chi connectivity index (χ0n) is 19.3. The van der Waals surface area contributed by atoms with Crippen molar-refractivity contribution in [3.05, 3.63) is 35.9 Å². The fourth-order valence-corrected chi connectivity index (χ4v) is 10.9. The van der Waals surface area contributed by atoms with Crippen molar-refractivity contribution in [1.29, 1.82) is 0 Å². The van der Waals surface area contributed by atoms with Crippen molar-refractivity contribution in [2.24, 2.45) is 0 Å². The van der Waals surface area contributed by atoms with Crippen LogP contribution in [0.5, 0.6) is 0 Å². The molecule has 0 amide bonds. The van der Waals surface area contributed by atoms with E-state index in [4.69, 9.17) is 18.1 Å². The molecular weight excluding hydrogens is 385 g/mol. The van der Waals surface area contributed by atoms with Gasteiger partial charge < -0.3 is 0 Å². The van der Waals surface area contributed by atoms with Crippen LogP contribution in [-0.4, -0.2) is 40.4 Å². The molecule has 4 rings (SSSR count). The Morgan fingerprint density at radius 3 is 1.45 bits per heavy atom. The van der Waals surface area contributed by atoms with Crippen molar-refractivity contribution in [3.8, 4) is 0 Å². The van der Waals surface area contributed by atoms with Gasteiger partial charge >= 0.3 is 176 Å². The Morgan fingerprint density at radius 1 is 0.690 bits per heavy atom. The summed E-state index contributed by atoms with van der Waals surface area (Å²) in [5.74, 6) is -0.216. The summed E-state index contributed by atoms with van der Waals surface area (Å²) in [7, 11) is -4.09. The molecule has 5 nitrogen and oxygen atoms in total. The monoisotopic (exact) mass is 423 g/mol. The molecule has 1 aromatic rings. The van der Waals surface area contributed by atoms with Crippen molar-refractivity contribution in [2.45, 2.75) is 96.4 Å². The van der Waals surface area contributed by atoms with Crippen LogP contribution in [-0.2, 0) is 18.1 Å². The van der Waals surface area contributed by atoms with Crippen molar-refractivity contribution in [3.63, 3.8) is 0 Å². The van der Waals surface area contributed by atoms with Crippen LogP contribution in [0.3, 0.4) is 0 Å². The topological polar surface area (TPSA) is 40.2 Å². The van der Waals surface area contributed by atoms with Crippen LogP contribution in [0.2, 0.25) is 0 Å². The maximum absolute atomic E-state index is 7.02. The second-order valence-electron chi connectivity index (χ2n) is 10.8. The summed E-state index contributed by atoms with van der Waals surface area (Å²) >= 11 is 0. The SMILES string of the molecule is CC1(C)OP2(C(c3ccccc3)N3CCCC3)(OC1(C)C)OC(C)(C)C(C)(C)O2. The Hall–Kier alpha value is -0.550.